The standard InChI is InChI=1S/C7H12N2O3/c1-3-12-6-8-4-5-9(6)7(10)11-2/h3-5H2,1-2H3. The maximum absolute atomic E-state index is 11.0. The SMILES string of the molecule is CCOC1=NCCN1C(=O)OC. The number of hydrogen-bond acceptors (Lipinski definition) is 4. The molecule has 0 aromatic rings. The second-order valence-corrected chi connectivity index (χ2v) is 2.22. The third-order valence-electron chi connectivity index (χ3n) is 1.47. The molecule has 0 saturated heterocycles. The maximum Gasteiger partial charge on any atom is 0.417 e. The van der Waals surface area contributed by atoms with E-state index in [-0.39, 0.29) is 0 Å². The van der Waals surface area contributed by atoms with Crippen molar-refractivity contribution in [3.8, 4) is 0 Å². The van der Waals surface area contributed by atoms with Crippen LogP contribution in [0.15, 0.2) is 4.99 Å². The van der Waals surface area contributed by atoms with E-state index in [0.717, 1.165) is 0 Å². The maximum atomic E-state index is 11.0. The quantitative estimate of drug-likeness (QED) is 0.577. The molecule has 1 aliphatic rings. The number of nitrogens with zero attached hydrogens (tertiary/aromatic N) is 2. The summed E-state index contributed by atoms with van der Waals surface area (Å²) >= 11 is 0. The van der Waals surface area contributed by atoms with E-state index in [2.05, 4.69) is 9.73 Å². The van der Waals surface area contributed by atoms with Gasteiger partial charge in [-0.05, 0) is 6.92 Å². The Kier molecular flexibility index (Phi) is 2.90. The lowest BCUT2D eigenvalue weighted by Crippen LogP contribution is -2.35. The second-order valence-electron chi connectivity index (χ2n) is 2.22. The van der Waals surface area contributed by atoms with Crippen LogP contribution in [0.25, 0.3) is 0 Å². The lowest BCUT2D eigenvalue weighted by molar-refractivity contribution is 0.139. The molecule has 12 heavy (non-hydrogen) atoms. The molecule has 5 nitrogen and oxygen atoms in total. The van der Waals surface area contributed by atoms with Crippen LogP contribution in [0, 0.1) is 0 Å². The summed E-state index contributed by atoms with van der Waals surface area (Å²) in [6.45, 7) is 3.48. The van der Waals surface area contributed by atoms with E-state index in [1.807, 2.05) is 6.92 Å². The van der Waals surface area contributed by atoms with Crippen LogP contribution in [0.5, 0.6) is 0 Å². The van der Waals surface area contributed by atoms with Gasteiger partial charge in [-0.15, -0.1) is 0 Å². The molecule has 1 aliphatic heterocycles. The van der Waals surface area contributed by atoms with Crippen LogP contribution < -0.4 is 0 Å². The van der Waals surface area contributed by atoms with Crippen molar-refractivity contribution in [3.05, 3.63) is 0 Å². The first-order valence-corrected chi connectivity index (χ1v) is 3.82. The summed E-state index contributed by atoms with van der Waals surface area (Å²) in [4.78, 5) is 16.4. The van der Waals surface area contributed by atoms with Gasteiger partial charge in [0.05, 0.1) is 26.8 Å². The van der Waals surface area contributed by atoms with E-state index in [4.69, 9.17) is 4.74 Å². The summed E-state index contributed by atoms with van der Waals surface area (Å²) in [5, 5.41) is 0. The molecule has 0 aliphatic carbocycles. The Morgan fingerprint density at radius 1 is 1.75 bits per heavy atom. The van der Waals surface area contributed by atoms with Crippen molar-refractivity contribution in [1.29, 1.82) is 0 Å². The highest BCUT2D eigenvalue weighted by molar-refractivity contribution is 5.91. The van der Waals surface area contributed by atoms with E-state index in [1.54, 1.807) is 0 Å². The molecule has 0 unspecified atom stereocenters. The molecule has 1 rings (SSSR count). The smallest absolute Gasteiger partial charge is 0.417 e. The molecule has 0 radical (unpaired) electrons. The summed E-state index contributed by atoms with van der Waals surface area (Å²) in [5.41, 5.74) is 0. The van der Waals surface area contributed by atoms with Crippen LogP contribution in [0.4, 0.5) is 4.79 Å². The molecule has 0 bridgehead atoms. The third-order valence-corrected chi connectivity index (χ3v) is 1.47. The molecule has 0 saturated carbocycles. The number of aliphatic imine (C=N–C) groups is 1. The lowest BCUT2D eigenvalue weighted by Gasteiger charge is -2.15. The van der Waals surface area contributed by atoms with Crippen molar-refractivity contribution in [3.63, 3.8) is 0 Å². The Morgan fingerprint density at radius 2 is 2.50 bits per heavy atom. The Bertz CT molecular complexity index is 203. The summed E-state index contributed by atoms with van der Waals surface area (Å²) in [7, 11) is 1.34. The van der Waals surface area contributed by atoms with Crippen molar-refractivity contribution in [2.24, 2.45) is 4.99 Å². The Hall–Kier alpha value is -1.26. The normalized spacial score (nSPS) is 15.8. The molecule has 1 heterocycles. The highest BCUT2D eigenvalue weighted by Gasteiger charge is 2.25. The van der Waals surface area contributed by atoms with Crippen molar-refractivity contribution in [2.75, 3.05) is 26.8 Å². The zero-order chi connectivity index (χ0) is 8.97. The van der Waals surface area contributed by atoms with E-state index < -0.39 is 6.09 Å². The van der Waals surface area contributed by atoms with Gasteiger partial charge < -0.3 is 9.47 Å². The lowest BCUT2D eigenvalue weighted by atomic mass is 10.6. The molecule has 0 fully saturated rings. The number of carbonyl (C=O) groups is 1. The van der Waals surface area contributed by atoms with Gasteiger partial charge in [0.1, 0.15) is 0 Å². The molecular formula is C7H12N2O3. The molecule has 5 heteroatoms. The minimum Gasteiger partial charge on any atom is -0.465 e. The average Bonchev–Trinajstić information content (AvgIpc) is 2.52. The van der Waals surface area contributed by atoms with Crippen LogP contribution in [-0.2, 0) is 9.47 Å². The molecule has 1 amide bonds. The predicted octanol–water partition coefficient (Wildman–Crippen LogP) is 0.461. The molecule has 0 aromatic carbocycles. The fourth-order valence-corrected chi connectivity index (χ4v) is 0.959. The summed E-state index contributed by atoms with van der Waals surface area (Å²) < 4.78 is 9.65. The highest BCUT2D eigenvalue weighted by Crippen LogP contribution is 2.04. The Balaban J connectivity index is 2.55. The minimum absolute atomic E-state index is 0.365. The highest BCUT2D eigenvalue weighted by atomic mass is 16.6. The van der Waals surface area contributed by atoms with Gasteiger partial charge in [-0.1, -0.05) is 0 Å². The first-order chi connectivity index (χ1) is 5.79. The number of carbonyl (C=O) groups excluding carboxylic acids is 1. The van der Waals surface area contributed by atoms with Gasteiger partial charge in [0.25, 0.3) is 6.02 Å². The number of amides is 1. The summed E-state index contributed by atoms with van der Waals surface area (Å²) in [5.74, 6) is 0. The number of ether oxygens (including phenoxy) is 2. The second kappa shape index (κ2) is 3.94. The van der Waals surface area contributed by atoms with Crippen LogP contribution in [0.2, 0.25) is 0 Å². The first-order valence-electron chi connectivity index (χ1n) is 3.82. The topological polar surface area (TPSA) is 51.1 Å². The fraction of sp³-hybridized carbons (Fsp3) is 0.714. The van der Waals surface area contributed by atoms with E-state index in [9.17, 15) is 4.79 Å². The van der Waals surface area contributed by atoms with Crippen LogP contribution in [0.1, 0.15) is 6.92 Å². The van der Waals surface area contributed by atoms with E-state index in [0.29, 0.717) is 25.7 Å². The number of hydrogen-bond donors (Lipinski definition) is 0. The zero-order valence-corrected chi connectivity index (χ0v) is 7.24. The monoisotopic (exact) mass is 172 g/mol. The largest absolute Gasteiger partial charge is 0.465 e. The number of rotatable bonds is 1. The molecule has 0 spiro atoms. The molecule has 0 atom stereocenters. The van der Waals surface area contributed by atoms with Gasteiger partial charge in [0.2, 0.25) is 0 Å². The molecule has 68 valence electrons. The van der Waals surface area contributed by atoms with E-state index in [1.165, 1.54) is 12.0 Å². The predicted molar refractivity (Wildman–Crippen MR) is 43.0 cm³/mol. The van der Waals surface area contributed by atoms with Gasteiger partial charge in [-0.3, -0.25) is 0 Å². The third kappa shape index (κ3) is 1.66. The zero-order valence-electron chi connectivity index (χ0n) is 7.24. The molecule has 0 N–H and O–H groups in total. The van der Waals surface area contributed by atoms with Crippen molar-refractivity contribution < 1.29 is 14.3 Å². The Labute approximate surface area is 71.0 Å². The van der Waals surface area contributed by atoms with Crippen molar-refractivity contribution in [2.45, 2.75) is 6.92 Å². The van der Waals surface area contributed by atoms with Gasteiger partial charge >= 0.3 is 6.09 Å². The summed E-state index contributed by atoms with van der Waals surface area (Å²) in [6, 6.07) is 0.365. The van der Waals surface area contributed by atoms with Gasteiger partial charge in [-0.2, -0.15) is 0 Å². The minimum atomic E-state index is -0.417. The summed E-state index contributed by atoms with van der Waals surface area (Å²) in [6.07, 6.45) is -0.417. The number of amidine groups is 1. The van der Waals surface area contributed by atoms with Crippen molar-refractivity contribution >= 4 is 12.1 Å². The first kappa shape index (κ1) is 8.83. The van der Waals surface area contributed by atoms with Gasteiger partial charge in [0, 0.05) is 0 Å². The van der Waals surface area contributed by atoms with Gasteiger partial charge in [-0.25, -0.2) is 14.7 Å². The average molecular weight is 172 g/mol. The number of methoxy groups -OCH3 is 1. The Morgan fingerprint density at radius 3 is 3.08 bits per heavy atom. The van der Waals surface area contributed by atoms with Crippen LogP contribution in [0.3, 0.4) is 0 Å². The molecular weight excluding hydrogens is 160 g/mol. The van der Waals surface area contributed by atoms with Crippen LogP contribution >= 0.6 is 0 Å². The van der Waals surface area contributed by atoms with Crippen molar-refractivity contribution in [1.82, 2.24) is 4.90 Å². The molecule has 0 aromatic heterocycles. The van der Waals surface area contributed by atoms with E-state index >= 15 is 0 Å². The fourth-order valence-electron chi connectivity index (χ4n) is 0.959. The van der Waals surface area contributed by atoms with Crippen LogP contribution in [-0.4, -0.2) is 43.8 Å². The van der Waals surface area contributed by atoms with Gasteiger partial charge in [0.15, 0.2) is 0 Å².